The average molecular weight is 679 g/mol. The third-order valence-corrected chi connectivity index (χ3v) is 8.58. The summed E-state index contributed by atoms with van der Waals surface area (Å²) in [5, 5.41) is 0.128. The van der Waals surface area contributed by atoms with E-state index in [1.54, 1.807) is 42.6 Å². The van der Waals surface area contributed by atoms with Crippen molar-refractivity contribution in [3.05, 3.63) is 94.2 Å². The van der Waals surface area contributed by atoms with Gasteiger partial charge in [-0.3, -0.25) is 14.8 Å². The molecule has 4 N–H and O–H groups in total. The largest absolute Gasteiger partial charge is 0.465 e. The molecule has 1 amide bonds. The van der Waals surface area contributed by atoms with E-state index >= 15 is 0 Å². The lowest BCUT2D eigenvalue weighted by Gasteiger charge is -2.11. The molecule has 0 fully saturated rings. The first-order valence-corrected chi connectivity index (χ1v) is 16.7. The molecule has 2 heterocycles. The molecular weight excluding hydrogens is 653 g/mol. The van der Waals surface area contributed by atoms with Crippen LogP contribution in [0.5, 0.6) is 0 Å². The van der Waals surface area contributed by atoms with Crippen molar-refractivity contribution < 1.29 is 31.2 Å². The molecule has 0 atom stereocenters. The van der Waals surface area contributed by atoms with Gasteiger partial charge < -0.3 is 16.2 Å². The summed E-state index contributed by atoms with van der Waals surface area (Å²) in [7, 11) is -6.01. The van der Waals surface area contributed by atoms with Crippen LogP contribution >= 0.6 is 23.2 Å². The zero-order valence-electron chi connectivity index (χ0n) is 23.4. The van der Waals surface area contributed by atoms with E-state index in [-0.39, 0.29) is 31.0 Å². The molecule has 2 aromatic carbocycles. The minimum atomic E-state index is -3.64. The molecular formula is C28H25Cl2N5O7S2. The van der Waals surface area contributed by atoms with Crippen LogP contribution in [0.15, 0.2) is 87.8 Å². The smallest absolute Gasteiger partial charge is 0.339 e. The molecule has 0 unspecified atom stereocenters. The normalized spacial score (nSPS) is 11.1. The molecule has 0 saturated heterocycles. The number of hydrogen-bond acceptors (Lipinski definition) is 9. The van der Waals surface area contributed by atoms with Crippen LogP contribution in [0.4, 0.5) is 0 Å². The third-order valence-electron chi connectivity index (χ3n) is 5.69. The van der Waals surface area contributed by atoms with Gasteiger partial charge in [0.2, 0.25) is 0 Å². The second-order valence-corrected chi connectivity index (χ2v) is 13.7. The Morgan fingerprint density at radius 3 is 1.55 bits per heavy atom. The SMILES string of the molecule is COC(=O)c1cc(S(C)(=O)=O)c(-c2ccccn2)cc1Cl.CS(=O)(=O)c1cc(C(=O)N=C(N)N)c(Cl)cc1-c1ccccn1. The highest BCUT2D eigenvalue weighted by Crippen LogP contribution is 2.33. The number of nitrogens with zero attached hydrogens (tertiary/aromatic N) is 3. The first-order chi connectivity index (χ1) is 20.5. The topological polar surface area (TPSA) is 202 Å². The number of halogens is 2. The van der Waals surface area contributed by atoms with Gasteiger partial charge in [-0.25, -0.2) is 21.6 Å². The number of benzene rings is 2. The van der Waals surface area contributed by atoms with Gasteiger partial charge in [0.25, 0.3) is 5.91 Å². The highest BCUT2D eigenvalue weighted by Gasteiger charge is 2.23. The van der Waals surface area contributed by atoms with Gasteiger partial charge >= 0.3 is 5.97 Å². The van der Waals surface area contributed by atoms with Crippen LogP contribution in [0, 0.1) is 0 Å². The van der Waals surface area contributed by atoms with E-state index in [0.29, 0.717) is 22.5 Å². The summed E-state index contributed by atoms with van der Waals surface area (Å²) < 4.78 is 52.7. The fourth-order valence-electron chi connectivity index (χ4n) is 3.77. The van der Waals surface area contributed by atoms with E-state index in [2.05, 4.69) is 19.7 Å². The summed E-state index contributed by atoms with van der Waals surface area (Å²) in [6.45, 7) is 0. The zero-order valence-corrected chi connectivity index (χ0v) is 26.5. The predicted molar refractivity (Wildman–Crippen MR) is 167 cm³/mol. The Morgan fingerprint density at radius 2 is 1.18 bits per heavy atom. The summed E-state index contributed by atoms with van der Waals surface area (Å²) in [5.41, 5.74) is 11.7. The second-order valence-electron chi connectivity index (χ2n) is 8.96. The molecule has 230 valence electrons. The predicted octanol–water partition coefficient (Wildman–Crippen LogP) is 3.81. The molecule has 0 aliphatic rings. The first kappa shape index (κ1) is 34.1. The third kappa shape index (κ3) is 8.38. The average Bonchev–Trinajstić information content (AvgIpc) is 2.96. The second kappa shape index (κ2) is 13.9. The van der Waals surface area contributed by atoms with Crippen LogP contribution < -0.4 is 11.5 Å². The zero-order chi connectivity index (χ0) is 32.8. The fourth-order valence-corrected chi connectivity index (χ4v) is 6.05. The van der Waals surface area contributed by atoms with Gasteiger partial charge in [0.05, 0.1) is 49.5 Å². The molecule has 2 aromatic heterocycles. The minimum Gasteiger partial charge on any atom is -0.465 e. The number of hydrogen-bond donors (Lipinski definition) is 2. The van der Waals surface area contributed by atoms with Gasteiger partial charge in [0, 0.05) is 36.0 Å². The maximum absolute atomic E-state index is 12.1. The number of ether oxygens (including phenoxy) is 1. The Kier molecular flexibility index (Phi) is 10.8. The standard InChI is InChI=1S/C14H13ClN4O3S.C14H12ClNO4S/c1-23(21,22)12-7-8(13(20)19-14(16)17)10(15)6-9(12)11-4-2-3-5-18-11;1-20-14(17)9-8-13(21(2,18)19)10(7-11(9)15)12-5-3-4-6-16-12/h2-7H,1H3,(H4,16,17,19,20);3-8H,1-2H3. The van der Waals surface area contributed by atoms with Crippen LogP contribution in [-0.2, 0) is 24.4 Å². The molecule has 0 aliphatic heterocycles. The number of amides is 1. The number of sulfone groups is 2. The maximum atomic E-state index is 12.1. The number of esters is 1. The van der Waals surface area contributed by atoms with E-state index in [9.17, 15) is 26.4 Å². The lowest BCUT2D eigenvalue weighted by Crippen LogP contribution is -2.24. The number of nitrogens with two attached hydrogens (primary N) is 2. The van der Waals surface area contributed by atoms with E-state index in [1.807, 2.05) is 0 Å². The van der Waals surface area contributed by atoms with Crippen molar-refractivity contribution >= 4 is 60.7 Å². The van der Waals surface area contributed by atoms with Crippen molar-refractivity contribution in [3.63, 3.8) is 0 Å². The number of pyridine rings is 2. The number of carbonyl (C=O) groups excluding carboxylic acids is 2. The van der Waals surface area contributed by atoms with E-state index < -0.39 is 37.5 Å². The van der Waals surface area contributed by atoms with Crippen molar-refractivity contribution in [1.82, 2.24) is 9.97 Å². The van der Waals surface area contributed by atoms with Gasteiger partial charge in [-0.2, -0.15) is 4.99 Å². The Labute approximate surface area is 263 Å². The highest BCUT2D eigenvalue weighted by molar-refractivity contribution is 7.91. The van der Waals surface area contributed by atoms with E-state index in [4.69, 9.17) is 34.7 Å². The first-order valence-electron chi connectivity index (χ1n) is 12.2. The van der Waals surface area contributed by atoms with Gasteiger partial charge in [-0.05, 0) is 48.5 Å². The van der Waals surface area contributed by atoms with Crippen molar-refractivity contribution in [2.75, 3.05) is 19.6 Å². The molecule has 44 heavy (non-hydrogen) atoms. The van der Waals surface area contributed by atoms with E-state index in [0.717, 1.165) is 18.6 Å². The van der Waals surface area contributed by atoms with Gasteiger partial charge in [0.1, 0.15) is 0 Å². The van der Waals surface area contributed by atoms with Crippen molar-refractivity contribution in [3.8, 4) is 22.5 Å². The Bertz CT molecular complexity index is 1970. The van der Waals surface area contributed by atoms with Gasteiger partial charge in [-0.15, -0.1) is 0 Å². The summed E-state index contributed by atoms with van der Waals surface area (Å²) in [4.78, 5) is 35.1. The maximum Gasteiger partial charge on any atom is 0.339 e. The number of rotatable bonds is 6. The molecule has 16 heteroatoms. The Hall–Kier alpha value is -4.37. The number of aromatic nitrogens is 2. The molecule has 0 bridgehead atoms. The quantitative estimate of drug-likeness (QED) is 0.171. The Morgan fingerprint density at radius 1 is 0.750 bits per heavy atom. The number of carbonyl (C=O) groups is 2. The van der Waals surface area contributed by atoms with Crippen LogP contribution in [0.3, 0.4) is 0 Å². The monoisotopic (exact) mass is 677 g/mol. The molecule has 4 aromatic rings. The van der Waals surface area contributed by atoms with Gasteiger partial charge in [0.15, 0.2) is 25.6 Å². The van der Waals surface area contributed by atoms with Crippen LogP contribution in [0.25, 0.3) is 22.5 Å². The van der Waals surface area contributed by atoms with Crippen LogP contribution in [-0.4, -0.2) is 64.3 Å². The summed E-state index contributed by atoms with van der Waals surface area (Å²) in [6.07, 6.45) is 5.15. The van der Waals surface area contributed by atoms with E-state index in [1.165, 1.54) is 31.5 Å². The van der Waals surface area contributed by atoms with Crippen LogP contribution in [0.1, 0.15) is 20.7 Å². The minimum absolute atomic E-state index is 0.000673. The number of aliphatic imine (C=N–C) groups is 1. The number of guanidine groups is 1. The molecule has 4 rings (SSSR count). The van der Waals surface area contributed by atoms with Crippen molar-refractivity contribution in [1.29, 1.82) is 0 Å². The molecule has 0 saturated carbocycles. The lowest BCUT2D eigenvalue weighted by atomic mass is 10.1. The molecule has 12 nitrogen and oxygen atoms in total. The van der Waals surface area contributed by atoms with Crippen molar-refractivity contribution in [2.45, 2.75) is 9.79 Å². The fraction of sp³-hybridized carbons (Fsp3) is 0.107. The van der Waals surface area contributed by atoms with Crippen LogP contribution in [0.2, 0.25) is 10.0 Å². The molecule has 0 radical (unpaired) electrons. The van der Waals surface area contributed by atoms with Crippen molar-refractivity contribution in [2.24, 2.45) is 16.5 Å². The summed E-state index contributed by atoms with van der Waals surface area (Å²) >= 11 is 12.1. The highest BCUT2D eigenvalue weighted by atomic mass is 35.5. The Balaban J connectivity index is 0.000000241. The molecule has 0 spiro atoms. The van der Waals surface area contributed by atoms with Gasteiger partial charge in [-0.1, -0.05) is 35.3 Å². The lowest BCUT2D eigenvalue weighted by molar-refractivity contribution is 0.0600. The summed E-state index contributed by atoms with van der Waals surface area (Å²) in [6, 6.07) is 15.3. The summed E-state index contributed by atoms with van der Waals surface area (Å²) in [5.74, 6) is -1.97. The molecule has 0 aliphatic carbocycles. The number of methoxy groups -OCH3 is 1.